The first-order valence-electron chi connectivity index (χ1n) is 7.27. The Labute approximate surface area is 135 Å². The number of fused-ring (bicyclic) bond motifs is 2. The van der Waals surface area contributed by atoms with Crippen LogP contribution in [0.25, 0.3) is 0 Å². The summed E-state index contributed by atoms with van der Waals surface area (Å²) in [5, 5.41) is 1.09. The smallest absolute Gasteiger partial charge is 0.310 e. The Morgan fingerprint density at radius 3 is 2.71 bits per heavy atom. The molecular weight excluding hydrogens is 309 g/mol. The van der Waals surface area contributed by atoms with E-state index < -0.39 is 0 Å². The lowest BCUT2D eigenvalue weighted by Gasteiger charge is -2.41. The Bertz CT molecular complexity index is 563. The van der Waals surface area contributed by atoms with Crippen LogP contribution in [0.3, 0.4) is 0 Å². The highest BCUT2D eigenvalue weighted by Gasteiger charge is 2.49. The van der Waals surface area contributed by atoms with Gasteiger partial charge >= 0.3 is 5.97 Å². The average molecular weight is 328 g/mol. The highest BCUT2D eigenvalue weighted by Crippen LogP contribution is 2.47. The van der Waals surface area contributed by atoms with Crippen LogP contribution in [-0.2, 0) is 9.53 Å². The highest BCUT2D eigenvalue weighted by atomic mass is 35.5. The van der Waals surface area contributed by atoms with E-state index >= 15 is 0 Å². The second-order valence-corrected chi connectivity index (χ2v) is 6.84. The lowest BCUT2D eigenvalue weighted by molar-refractivity contribution is -0.150. The maximum atomic E-state index is 12.3. The van der Waals surface area contributed by atoms with E-state index in [-0.39, 0.29) is 23.8 Å². The Morgan fingerprint density at radius 2 is 2.05 bits per heavy atom. The molecule has 2 aliphatic rings. The van der Waals surface area contributed by atoms with Gasteiger partial charge in [0.25, 0.3) is 0 Å². The first-order chi connectivity index (χ1) is 10.0. The molecule has 2 aliphatic heterocycles. The van der Waals surface area contributed by atoms with Gasteiger partial charge < -0.3 is 4.74 Å². The van der Waals surface area contributed by atoms with Crippen LogP contribution in [0, 0.1) is 5.92 Å². The van der Waals surface area contributed by atoms with E-state index in [1.165, 1.54) is 7.11 Å². The summed E-state index contributed by atoms with van der Waals surface area (Å²) in [4.78, 5) is 14.7. The summed E-state index contributed by atoms with van der Waals surface area (Å²) in [6.45, 7) is 0. The van der Waals surface area contributed by atoms with Gasteiger partial charge in [-0.2, -0.15) is 0 Å². The van der Waals surface area contributed by atoms with Crippen LogP contribution in [-0.4, -0.2) is 37.1 Å². The first-order valence-corrected chi connectivity index (χ1v) is 8.03. The summed E-state index contributed by atoms with van der Waals surface area (Å²) in [6.07, 6.45) is 3.16. The predicted octanol–water partition coefficient (Wildman–Crippen LogP) is 3.73. The molecule has 0 aliphatic carbocycles. The Kier molecular flexibility index (Phi) is 4.17. The zero-order chi connectivity index (χ0) is 15.1. The number of ether oxygens (including phenoxy) is 1. The van der Waals surface area contributed by atoms with Gasteiger partial charge in [0, 0.05) is 18.0 Å². The van der Waals surface area contributed by atoms with Gasteiger partial charge in [0.2, 0.25) is 0 Å². The summed E-state index contributed by atoms with van der Waals surface area (Å²) in [5.41, 5.74) is 1.09. The predicted molar refractivity (Wildman–Crippen MR) is 83.9 cm³/mol. The van der Waals surface area contributed by atoms with Crippen LogP contribution in [0.1, 0.15) is 30.7 Å². The van der Waals surface area contributed by atoms with E-state index in [2.05, 4.69) is 11.9 Å². The van der Waals surface area contributed by atoms with Crippen molar-refractivity contribution >= 4 is 29.2 Å². The zero-order valence-corrected chi connectivity index (χ0v) is 13.7. The Balaban J connectivity index is 1.98. The van der Waals surface area contributed by atoms with Crippen molar-refractivity contribution in [2.24, 2.45) is 5.92 Å². The Morgan fingerprint density at radius 1 is 1.29 bits per heavy atom. The molecule has 0 spiro atoms. The minimum atomic E-state index is -0.129. The number of hydrogen-bond donors (Lipinski definition) is 0. The number of carbonyl (C=O) groups excluding carboxylic acids is 1. The topological polar surface area (TPSA) is 29.5 Å². The molecule has 1 aromatic rings. The van der Waals surface area contributed by atoms with Crippen LogP contribution < -0.4 is 0 Å². The summed E-state index contributed by atoms with van der Waals surface area (Å²) in [6, 6.07) is 6.49. The number of methoxy groups -OCH3 is 1. The fraction of sp³-hybridized carbons (Fsp3) is 0.562. The summed E-state index contributed by atoms with van der Waals surface area (Å²) < 4.78 is 5.07. The number of carbonyl (C=O) groups is 1. The molecule has 3 nitrogen and oxygen atoms in total. The number of esters is 1. The van der Waals surface area contributed by atoms with E-state index in [0.29, 0.717) is 16.1 Å². The normalized spacial score (nSPS) is 32.2. The number of benzene rings is 1. The Hall–Kier alpha value is -0.770. The van der Waals surface area contributed by atoms with Crippen molar-refractivity contribution < 1.29 is 9.53 Å². The molecule has 2 fully saturated rings. The van der Waals surface area contributed by atoms with Gasteiger partial charge in [0.05, 0.1) is 23.1 Å². The first kappa shape index (κ1) is 15.1. The molecule has 5 heteroatoms. The summed E-state index contributed by atoms with van der Waals surface area (Å²) in [7, 11) is 3.58. The molecule has 0 aromatic heterocycles. The van der Waals surface area contributed by atoms with Crippen LogP contribution in [0.5, 0.6) is 0 Å². The second-order valence-electron chi connectivity index (χ2n) is 6.03. The molecule has 3 rings (SSSR count). The van der Waals surface area contributed by atoms with E-state index in [0.717, 1.165) is 24.8 Å². The molecule has 0 amide bonds. The molecule has 2 unspecified atom stereocenters. The van der Waals surface area contributed by atoms with Crippen molar-refractivity contribution in [3.63, 3.8) is 0 Å². The molecule has 0 N–H and O–H groups in total. The standard InChI is InChI=1S/C16H19Cl2NO2/c1-19-10-4-6-14(19)15(16(20)21-2)11(8-10)9-3-5-12(17)13(18)7-9/h3,5,7,10-11,14-15H,4,6,8H2,1-2H3/t10-,11+,14?,15?/m1/s1. The largest absolute Gasteiger partial charge is 0.469 e. The molecule has 1 aromatic carbocycles. The molecule has 0 saturated carbocycles. The average Bonchev–Trinajstić information content (AvgIpc) is 2.72. The summed E-state index contributed by atoms with van der Waals surface area (Å²) in [5.74, 6) is -0.0971. The number of rotatable bonds is 2. The van der Waals surface area contributed by atoms with Crippen LogP contribution in [0.15, 0.2) is 18.2 Å². The van der Waals surface area contributed by atoms with Crippen LogP contribution >= 0.6 is 23.2 Å². The summed E-state index contributed by atoms with van der Waals surface area (Å²) >= 11 is 12.2. The number of hydrogen-bond acceptors (Lipinski definition) is 3. The maximum absolute atomic E-state index is 12.3. The second kappa shape index (κ2) is 5.79. The quantitative estimate of drug-likeness (QED) is 0.775. The van der Waals surface area contributed by atoms with Gasteiger partial charge in [0.15, 0.2) is 0 Å². The lowest BCUT2D eigenvalue weighted by atomic mass is 9.76. The third-order valence-electron chi connectivity index (χ3n) is 5.11. The highest BCUT2D eigenvalue weighted by molar-refractivity contribution is 6.42. The molecular formula is C16H19Cl2NO2. The van der Waals surface area contributed by atoms with Crippen LogP contribution in [0.4, 0.5) is 0 Å². The van der Waals surface area contributed by atoms with Crippen molar-refractivity contribution in [3.8, 4) is 0 Å². The molecule has 2 bridgehead atoms. The molecule has 2 heterocycles. The minimum Gasteiger partial charge on any atom is -0.469 e. The van der Waals surface area contributed by atoms with Crippen LogP contribution in [0.2, 0.25) is 10.0 Å². The van der Waals surface area contributed by atoms with Gasteiger partial charge in [0.1, 0.15) is 0 Å². The number of nitrogens with zero attached hydrogens (tertiary/aromatic N) is 1. The SMILES string of the molecule is COC(=O)C1C2CC[C@H](C[C@H]1c1ccc(Cl)c(Cl)c1)N2C. The molecule has 0 radical (unpaired) electrons. The number of piperidine rings is 1. The third kappa shape index (κ3) is 2.56. The van der Waals surface area contributed by atoms with Gasteiger partial charge in [-0.15, -0.1) is 0 Å². The number of halogens is 2. The molecule has 114 valence electrons. The van der Waals surface area contributed by atoms with E-state index in [4.69, 9.17) is 27.9 Å². The minimum absolute atomic E-state index is 0.122. The van der Waals surface area contributed by atoms with Gasteiger partial charge in [-0.3, -0.25) is 9.69 Å². The molecule has 2 saturated heterocycles. The monoisotopic (exact) mass is 327 g/mol. The fourth-order valence-corrected chi connectivity index (χ4v) is 4.32. The van der Waals surface area contributed by atoms with E-state index in [1.807, 2.05) is 18.2 Å². The molecule has 4 atom stereocenters. The van der Waals surface area contributed by atoms with Crippen molar-refractivity contribution in [3.05, 3.63) is 33.8 Å². The van der Waals surface area contributed by atoms with E-state index in [9.17, 15) is 4.79 Å². The van der Waals surface area contributed by atoms with Crippen molar-refractivity contribution in [1.29, 1.82) is 0 Å². The fourth-order valence-electron chi connectivity index (χ4n) is 4.01. The molecule has 21 heavy (non-hydrogen) atoms. The van der Waals surface area contributed by atoms with Gasteiger partial charge in [-0.1, -0.05) is 29.3 Å². The van der Waals surface area contributed by atoms with Gasteiger partial charge in [-0.05, 0) is 44.0 Å². The van der Waals surface area contributed by atoms with Crippen molar-refractivity contribution in [1.82, 2.24) is 4.90 Å². The van der Waals surface area contributed by atoms with Crippen molar-refractivity contribution in [2.75, 3.05) is 14.2 Å². The lowest BCUT2D eigenvalue weighted by Crippen LogP contribution is -2.49. The van der Waals surface area contributed by atoms with Crippen molar-refractivity contribution in [2.45, 2.75) is 37.3 Å². The maximum Gasteiger partial charge on any atom is 0.310 e. The third-order valence-corrected chi connectivity index (χ3v) is 5.85. The van der Waals surface area contributed by atoms with E-state index in [1.54, 1.807) is 0 Å². The zero-order valence-electron chi connectivity index (χ0n) is 12.2. The van der Waals surface area contributed by atoms with Gasteiger partial charge in [-0.25, -0.2) is 0 Å².